The quantitative estimate of drug-likeness (QED) is 0.700. The topological polar surface area (TPSA) is 42.0 Å². The highest BCUT2D eigenvalue weighted by Gasteiger charge is 2.19. The van der Waals surface area contributed by atoms with E-state index in [9.17, 15) is 4.79 Å². The number of carbonyl (C=O) groups excluding carboxylic acids is 1. The molecule has 1 saturated heterocycles. The average Bonchev–Trinajstić information content (AvgIpc) is 2.69. The van der Waals surface area contributed by atoms with Crippen molar-refractivity contribution in [3.05, 3.63) is 60.2 Å². The summed E-state index contributed by atoms with van der Waals surface area (Å²) in [6, 6.07) is 17.7. The number of esters is 1. The van der Waals surface area contributed by atoms with Gasteiger partial charge in [-0.25, -0.2) is 4.79 Å². The molecule has 1 aliphatic rings. The number of hydrogen-bond acceptors (Lipinski definition) is 5. The van der Waals surface area contributed by atoms with Gasteiger partial charge in [0.2, 0.25) is 0 Å². The molecule has 2 aromatic carbocycles. The summed E-state index contributed by atoms with van der Waals surface area (Å²) in [6.45, 7) is 9.20. The lowest BCUT2D eigenvalue weighted by Crippen LogP contribution is -2.48. The highest BCUT2D eigenvalue weighted by molar-refractivity contribution is 5.89. The van der Waals surface area contributed by atoms with Crippen LogP contribution < -0.4 is 9.64 Å². The van der Waals surface area contributed by atoms with Gasteiger partial charge >= 0.3 is 5.97 Å². The summed E-state index contributed by atoms with van der Waals surface area (Å²) in [7, 11) is 0. The highest BCUT2D eigenvalue weighted by Crippen LogP contribution is 2.18. The molecule has 5 nitrogen and oxygen atoms in total. The summed E-state index contributed by atoms with van der Waals surface area (Å²) in [5.41, 5.74) is 1.75. The molecule has 1 aliphatic heterocycles. The standard InChI is InChI=1S/C22H28N2O3/c1-3-26-22(25)19-9-11-20(12-10-19)24-15-13-23(14-16-24)17-18(2)27-21-7-5-4-6-8-21/h4-12,18H,3,13-17H2,1-2H3. The second-order valence-electron chi connectivity index (χ2n) is 6.80. The lowest BCUT2D eigenvalue weighted by atomic mass is 10.1. The van der Waals surface area contributed by atoms with Gasteiger partial charge in [0, 0.05) is 38.4 Å². The van der Waals surface area contributed by atoms with Crippen LogP contribution in [0.5, 0.6) is 5.75 Å². The van der Waals surface area contributed by atoms with E-state index in [0.29, 0.717) is 12.2 Å². The van der Waals surface area contributed by atoms with E-state index in [1.807, 2.05) is 61.5 Å². The second-order valence-corrected chi connectivity index (χ2v) is 6.80. The Balaban J connectivity index is 1.46. The van der Waals surface area contributed by atoms with Crippen molar-refractivity contribution >= 4 is 11.7 Å². The van der Waals surface area contributed by atoms with Crippen molar-refractivity contribution in [3.8, 4) is 5.75 Å². The average molecular weight is 368 g/mol. The summed E-state index contributed by atoms with van der Waals surface area (Å²) >= 11 is 0. The molecule has 0 aromatic heterocycles. The number of carbonyl (C=O) groups is 1. The Bertz CT molecular complexity index is 710. The lowest BCUT2D eigenvalue weighted by Gasteiger charge is -2.37. The minimum Gasteiger partial charge on any atom is -0.489 e. The minimum atomic E-state index is -0.263. The Morgan fingerprint density at radius 1 is 1.00 bits per heavy atom. The van der Waals surface area contributed by atoms with E-state index in [1.165, 1.54) is 0 Å². The van der Waals surface area contributed by atoms with Crippen LogP contribution >= 0.6 is 0 Å². The van der Waals surface area contributed by atoms with Gasteiger partial charge in [-0.3, -0.25) is 4.90 Å². The molecule has 27 heavy (non-hydrogen) atoms. The van der Waals surface area contributed by atoms with Crippen molar-refractivity contribution in [2.24, 2.45) is 0 Å². The molecule has 144 valence electrons. The van der Waals surface area contributed by atoms with Gasteiger partial charge in [0.05, 0.1) is 12.2 Å². The molecule has 0 bridgehead atoms. The van der Waals surface area contributed by atoms with Crippen LogP contribution in [0.4, 0.5) is 5.69 Å². The van der Waals surface area contributed by atoms with Crippen LogP contribution in [0.2, 0.25) is 0 Å². The zero-order valence-corrected chi connectivity index (χ0v) is 16.1. The lowest BCUT2D eigenvalue weighted by molar-refractivity contribution is 0.0526. The number of anilines is 1. The normalized spacial score (nSPS) is 16.0. The summed E-state index contributed by atoms with van der Waals surface area (Å²) in [4.78, 5) is 16.6. The zero-order chi connectivity index (χ0) is 19.1. The summed E-state index contributed by atoms with van der Waals surface area (Å²) < 4.78 is 11.0. The number of benzene rings is 2. The Kier molecular flexibility index (Phi) is 6.71. The van der Waals surface area contributed by atoms with Crippen LogP contribution in [0, 0.1) is 0 Å². The van der Waals surface area contributed by atoms with Gasteiger partial charge in [-0.1, -0.05) is 18.2 Å². The van der Waals surface area contributed by atoms with Crippen molar-refractivity contribution in [1.29, 1.82) is 0 Å². The van der Waals surface area contributed by atoms with Crippen LogP contribution in [0.3, 0.4) is 0 Å². The Labute approximate surface area is 161 Å². The third-order valence-corrected chi connectivity index (χ3v) is 4.71. The molecule has 0 N–H and O–H groups in total. The van der Waals surface area contributed by atoms with Gasteiger partial charge in [0.25, 0.3) is 0 Å². The number of hydrogen-bond donors (Lipinski definition) is 0. The van der Waals surface area contributed by atoms with E-state index < -0.39 is 0 Å². The van der Waals surface area contributed by atoms with Gasteiger partial charge in [0.1, 0.15) is 11.9 Å². The molecule has 0 saturated carbocycles. The van der Waals surface area contributed by atoms with Crippen LogP contribution in [0.25, 0.3) is 0 Å². The second kappa shape index (κ2) is 9.42. The Hall–Kier alpha value is -2.53. The monoisotopic (exact) mass is 368 g/mol. The fourth-order valence-corrected chi connectivity index (χ4v) is 3.34. The fourth-order valence-electron chi connectivity index (χ4n) is 3.34. The number of para-hydroxylation sites is 1. The molecule has 0 spiro atoms. The van der Waals surface area contributed by atoms with Gasteiger partial charge in [-0.05, 0) is 50.2 Å². The smallest absolute Gasteiger partial charge is 0.338 e. The predicted molar refractivity (Wildman–Crippen MR) is 108 cm³/mol. The number of nitrogens with zero attached hydrogens (tertiary/aromatic N) is 2. The number of piperazine rings is 1. The molecule has 1 heterocycles. The summed E-state index contributed by atoms with van der Waals surface area (Å²) in [5, 5.41) is 0. The van der Waals surface area contributed by atoms with E-state index in [2.05, 4.69) is 16.7 Å². The summed E-state index contributed by atoms with van der Waals surface area (Å²) in [5.74, 6) is 0.659. The van der Waals surface area contributed by atoms with Crippen molar-refractivity contribution in [3.63, 3.8) is 0 Å². The molecule has 0 radical (unpaired) electrons. The molecular weight excluding hydrogens is 340 g/mol. The first-order valence-corrected chi connectivity index (χ1v) is 9.62. The molecule has 3 rings (SSSR count). The summed E-state index contributed by atoms with van der Waals surface area (Å²) in [6.07, 6.45) is 0.155. The predicted octanol–water partition coefficient (Wildman–Crippen LogP) is 3.45. The van der Waals surface area contributed by atoms with Gasteiger partial charge in [-0.2, -0.15) is 0 Å². The van der Waals surface area contributed by atoms with E-state index >= 15 is 0 Å². The largest absolute Gasteiger partial charge is 0.489 e. The molecule has 1 unspecified atom stereocenters. The van der Waals surface area contributed by atoms with Gasteiger partial charge in [-0.15, -0.1) is 0 Å². The molecule has 1 atom stereocenters. The molecule has 0 aliphatic carbocycles. The van der Waals surface area contributed by atoms with Crippen LogP contribution in [0.15, 0.2) is 54.6 Å². The minimum absolute atomic E-state index is 0.155. The maximum absolute atomic E-state index is 11.8. The number of rotatable bonds is 7. The van der Waals surface area contributed by atoms with E-state index in [0.717, 1.165) is 44.2 Å². The van der Waals surface area contributed by atoms with Crippen LogP contribution in [-0.4, -0.2) is 56.3 Å². The van der Waals surface area contributed by atoms with E-state index in [-0.39, 0.29) is 12.1 Å². The van der Waals surface area contributed by atoms with Gasteiger partial charge < -0.3 is 14.4 Å². The first-order valence-electron chi connectivity index (χ1n) is 9.62. The first kappa shape index (κ1) is 19.2. The molecular formula is C22H28N2O3. The van der Waals surface area contributed by atoms with Gasteiger partial charge in [0.15, 0.2) is 0 Å². The SMILES string of the molecule is CCOC(=O)c1ccc(N2CCN(CC(C)Oc3ccccc3)CC2)cc1. The fraction of sp³-hybridized carbons (Fsp3) is 0.409. The van der Waals surface area contributed by atoms with Crippen molar-refractivity contribution in [2.75, 3.05) is 44.2 Å². The van der Waals surface area contributed by atoms with Crippen LogP contribution in [-0.2, 0) is 4.74 Å². The molecule has 0 amide bonds. The third kappa shape index (κ3) is 5.47. The Morgan fingerprint density at radius 2 is 1.67 bits per heavy atom. The Morgan fingerprint density at radius 3 is 2.30 bits per heavy atom. The maximum Gasteiger partial charge on any atom is 0.338 e. The first-order chi connectivity index (χ1) is 13.2. The molecule has 2 aromatic rings. The third-order valence-electron chi connectivity index (χ3n) is 4.71. The van der Waals surface area contributed by atoms with Crippen molar-refractivity contribution in [2.45, 2.75) is 20.0 Å². The van der Waals surface area contributed by atoms with Crippen molar-refractivity contribution < 1.29 is 14.3 Å². The van der Waals surface area contributed by atoms with E-state index in [1.54, 1.807) is 0 Å². The molecule has 5 heteroatoms. The van der Waals surface area contributed by atoms with Crippen molar-refractivity contribution in [1.82, 2.24) is 4.90 Å². The zero-order valence-electron chi connectivity index (χ0n) is 16.1. The number of ether oxygens (including phenoxy) is 2. The molecule has 1 fully saturated rings. The van der Waals surface area contributed by atoms with E-state index in [4.69, 9.17) is 9.47 Å². The van der Waals surface area contributed by atoms with Crippen LogP contribution in [0.1, 0.15) is 24.2 Å². The maximum atomic E-state index is 11.8. The highest BCUT2D eigenvalue weighted by atomic mass is 16.5.